The molecule has 0 aliphatic carbocycles. The Balaban J connectivity index is 0.000000413. The van der Waals surface area contributed by atoms with E-state index in [1.165, 1.54) is 16.5 Å². The smallest absolute Gasteiger partial charge is 0.414 e. The third-order valence-corrected chi connectivity index (χ3v) is 3.61. The predicted molar refractivity (Wildman–Crippen MR) is 95.5 cm³/mol. The van der Waals surface area contributed by atoms with E-state index >= 15 is 0 Å². The molecule has 6 nitrogen and oxygen atoms in total. The van der Waals surface area contributed by atoms with E-state index in [1.807, 2.05) is 0 Å². The molecule has 0 unspecified atom stereocenters. The molecule has 0 heterocycles. The Kier molecular flexibility index (Phi) is 8.29. The van der Waals surface area contributed by atoms with Crippen LogP contribution in [0.1, 0.15) is 13.8 Å². The van der Waals surface area contributed by atoms with Gasteiger partial charge in [0.1, 0.15) is 0 Å². The number of hydrogen-bond donors (Lipinski definition) is 3. The van der Waals surface area contributed by atoms with Crippen molar-refractivity contribution in [1.29, 1.82) is 0 Å². The van der Waals surface area contributed by atoms with Crippen LogP contribution in [0.15, 0.2) is 42.5 Å². The Morgan fingerprint density at radius 2 is 1.54 bits per heavy atom. The number of benzene rings is 2. The molecule has 0 amide bonds. The van der Waals surface area contributed by atoms with Crippen LogP contribution in [-0.2, 0) is 9.59 Å². The van der Waals surface area contributed by atoms with Crippen LogP contribution in [0.2, 0.25) is 0 Å². The van der Waals surface area contributed by atoms with Crippen LogP contribution in [0.4, 0.5) is 5.69 Å². The lowest BCUT2D eigenvalue weighted by molar-refractivity contribution is -0.159. The molecular formula is C18H24N2O4. The van der Waals surface area contributed by atoms with Crippen molar-refractivity contribution in [3.8, 4) is 0 Å². The fourth-order valence-corrected chi connectivity index (χ4v) is 2.27. The number of nitrogens with one attached hydrogen (secondary N) is 1. The van der Waals surface area contributed by atoms with Crippen molar-refractivity contribution in [2.45, 2.75) is 13.8 Å². The van der Waals surface area contributed by atoms with E-state index in [2.05, 4.69) is 66.5 Å². The number of fused-ring (bicyclic) bond motifs is 1. The number of likely N-dealkylation sites (N-methyl/N-ethyl adjacent to an activating group) is 1. The first kappa shape index (κ1) is 19.4. The maximum atomic E-state index is 9.10. The number of rotatable bonds is 6. The summed E-state index contributed by atoms with van der Waals surface area (Å²) in [6, 6.07) is 14.9. The molecule has 0 aromatic heterocycles. The summed E-state index contributed by atoms with van der Waals surface area (Å²) in [4.78, 5) is 20.6. The quantitative estimate of drug-likeness (QED) is 0.705. The van der Waals surface area contributed by atoms with Gasteiger partial charge in [0.2, 0.25) is 0 Å². The van der Waals surface area contributed by atoms with Crippen molar-refractivity contribution in [2.75, 3.05) is 31.5 Å². The molecule has 24 heavy (non-hydrogen) atoms. The van der Waals surface area contributed by atoms with Gasteiger partial charge in [-0.25, -0.2) is 9.59 Å². The Morgan fingerprint density at radius 3 is 2.12 bits per heavy atom. The molecule has 2 rings (SSSR count). The fraction of sp³-hybridized carbons (Fsp3) is 0.333. The highest BCUT2D eigenvalue weighted by molar-refractivity contribution is 6.27. The fourth-order valence-electron chi connectivity index (χ4n) is 2.27. The third-order valence-electron chi connectivity index (χ3n) is 3.61. The zero-order valence-electron chi connectivity index (χ0n) is 14.0. The van der Waals surface area contributed by atoms with E-state index < -0.39 is 11.9 Å². The zero-order chi connectivity index (χ0) is 17.9. The summed E-state index contributed by atoms with van der Waals surface area (Å²) in [5.74, 6) is -3.65. The summed E-state index contributed by atoms with van der Waals surface area (Å²) in [6.07, 6.45) is 0. The topological polar surface area (TPSA) is 89.9 Å². The Bertz CT molecular complexity index is 652. The molecule has 2 aromatic rings. The second-order valence-electron chi connectivity index (χ2n) is 5.09. The van der Waals surface area contributed by atoms with Crippen LogP contribution in [0.3, 0.4) is 0 Å². The highest BCUT2D eigenvalue weighted by Crippen LogP contribution is 2.22. The van der Waals surface area contributed by atoms with Crippen molar-refractivity contribution in [3.05, 3.63) is 42.5 Å². The van der Waals surface area contributed by atoms with E-state index in [1.54, 1.807) is 0 Å². The predicted octanol–water partition coefficient (Wildman–Crippen LogP) is 2.75. The molecule has 0 atom stereocenters. The number of carboxylic acid groups (broad SMARTS) is 2. The molecule has 2 aromatic carbocycles. The molecule has 0 saturated heterocycles. The average molecular weight is 332 g/mol. The van der Waals surface area contributed by atoms with E-state index in [0.29, 0.717) is 0 Å². The average Bonchev–Trinajstić information content (AvgIpc) is 2.59. The highest BCUT2D eigenvalue weighted by atomic mass is 16.4. The second-order valence-corrected chi connectivity index (χ2v) is 5.09. The van der Waals surface area contributed by atoms with Crippen molar-refractivity contribution in [1.82, 2.24) is 4.90 Å². The van der Waals surface area contributed by atoms with Crippen molar-refractivity contribution in [2.24, 2.45) is 0 Å². The Morgan fingerprint density at radius 1 is 0.958 bits per heavy atom. The molecule has 3 N–H and O–H groups in total. The summed E-state index contributed by atoms with van der Waals surface area (Å²) < 4.78 is 0. The molecule has 6 heteroatoms. The third kappa shape index (κ3) is 6.26. The van der Waals surface area contributed by atoms with E-state index in [-0.39, 0.29) is 0 Å². The second kappa shape index (κ2) is 10.2. The molecule has 0 saturated carbocycles. The molecule has 130 valence electrons. The number of carboxylic acids is 2. The van der Waals surface area contributed by atoms with Gasteiger partial charge in [0, 0.05) is 24.2 Å². The van der Waals surface area contributed by atoms with Gasteiger partial charge in [0.25, 0.3) is 0 Å². The SMILES string of the molecule is CCN(CC)CCNc1cccc2ccccc12.O=C(O)C(=O)O. The minimum atomic E-state index is -1.82. The molecule has 0 fully saturated rings. The minimum absolute atomic E-state index is 0.996. The van der Waals surface area contributed by atoms with Crippen LogP contribution in [-0.4, -0.2) is 53.2 Å². The molecule has 0 bridgehead atoms. The number of hydrogen-bond acceptors (Lipinski definition) is 4. The molecular weight excluding hydrogens is 308 g/mol. The molecule has 0 spiro atoms. The van der Waals surface area contributed by atoms with E-state index in [9.17, 15) is 0 Å². The first-order chi connectivity index (χ1) is 11.5. The van der Waals surface area contributed by atoms with Crippen LogP contribution >= 0.6 is 0 Å². The Hall–Kier alpha value is -2.60. The molecule has 0 radical (unpaired) electrons. The van der Waals surface area contributed by atoms with Gasteiger partial charge in [-0.05, 0) is 24.5 Å². The first-order valence-corrected chi connectivity index (χ1v) is 7.89. The van der Waals surface area contributed by atoms with Crippen molar-refractivity contribution < 1.29 is 19.8 Å². The largest absolute Gasteiger partial charge is 0.473 e. The van der Waals surface area contributed by atoms with Crippen LogP contribution in [0.5, 0.6) is 0 Å². The standard InChI is InChI=1S/C16H22N2.C2H2O4/c1-3-18(4-2)13-12-17-16-11-7-9-14-8-5-6-10-15(14)16;3-1(4)2(5)6/h5-11,17H,3-4,12-13H2,1-2H3;(H,3,4)(H,5,6). The number of aliphatic carboxylic acids is 2. The first-order valence-electron chi connectivity index (χ1n) is 7.89. The lowest BCUT2D eigenvalue weighted by Gasteiger charge is -2.19. The maximum absolute atomic E-state index is 9.10. The summed E-state index contributed by atoms with van der Waals surface area (Å²) in [7, 11) is 0. The number of nitrogens with zero attached hydrogens (tertiary/aromatic N) is 1. The van der Waals surface area contributed by atoms with Gasteiger partial charge in [-0.3, -0.25) is 0 Å². The van der Waals surface area contributed by atoms with Crippen LogP contribution < -0.4 is 5.32 Å². The van der Waals surface area contributed by atoms with Gasteiger partial charge < -0.3 is 20.4 Å². The summed E-state index contributed by atoms with van der Waals surface area (Å²) in [5, 5.41) is 20.9. The summed E-state index contributed by atoms with van der Waals surface area (Å²) in [5.41, 5.74) is 1.24. The van der Waals surface area contributed by atoms with Gasteiger partial charge in [-0.2, -0.15) is 0 Å². The molecule has 0 aliphatic rings. The zero-order valence-corrected chi connectivity index (χ0v) is 14.0. The number of carbonyl (C=O) groups is 2. The van der Waals surface area contributed by atoms with Crippen LogP contribution in [0, 0.1) is 0 Å². The highest BCUT2D eigenvalue weighted by Gasteiger charge is 2.04. The van der Waals surface area contributed by atoms with E-state index in [0.717, 1.165) is 26.2 Å². The minimum Gasteiger partial charge on any atom is -0.473 e. The number of anilines is 1. The lowest BCUT2D eigenvalue weighted by Crippen LogP contribution is -2.28. The van der Waals surface area contributed by atoms with Gasteiger partial charge in [0.05, 0.1) is 0 Å². The van der Waals surface area contributed by atoms with Crippen molar-refractivity contribution >= 4 is 28.4 Å². The normalized spacial score (nSPS) is 10.1. The Labute approximate surface area is 141 Å². The van der Waals surface area contributed by atoms with Crippen molar-refractivity contribution in [3.63, 3.8) is 0 Å². The van der Waals surface area contributed by atoms with Crippen LogP contribution in [0.25, 0.3) is 10.8 Å². The summed E-state index contributed by atoms with van der Waals surface area (Å²) in [6.45, 7) is 8.75. The van der Waals surface area contributed by atoms with Gasteiger partial charge in [-0.1, -0.05) is 50.2 Å². The molecule has 0 aliphatic heterocycles. The van der Waals surface area contributed by atoms with E-state index in [4.69, 9.17) is 19.8 Å². The lowest BCUT2D eigenvalue weighted by atomic mass is 10.1. The van der Waals surface area contributed by atoms with Gasteiger partial charge in [-0.15, -0.1) is 0 Å². The van der Waals surface area contributed by atoms with Gasteiger partial charge in [0.15, 0.2) is 0 Å². The maximum Gasteiger partial charge on any atom is 0.414 e. The van der Waals surface area contributed by atoms with Gasteiger partial charge >= 0.3 is 11.9 Å². The summed E-state index contributed by atoms with van der Waals surface area (Å²) >= 11 is 0. The monoisotopic (exact) mass is 332 g/mol.